The second-order valence-electron chi connectivity index (χ2n) is 3.61. The molecule has 1 N–H and O–H groups in total. The van der Waals surface area contributed by atoms with Crippen LogP contribution in [0.15, 0.2) is 40.7 Å². The fraction of sp³-hybridized carbons (Fsp3) is 0.417. The Kier molecular flexibility index (Phi) is 6.55. The Labute approximate surface area is 101 Å². The third kappa shape index (κ3) is 4.63. The molecule has 5 heteroatoms. The molecule has 0 aromatic heterocycles. The van der Waals surface area contributed by atoms with E-state index in [1.807, 2.05) is 6.92 Å². The zero-order valence-corrected chi connectivity index (χ0v) is 10.4. The van der Waals surface area contributed by atoms with Crippen LogP contribution in [0.25, 0.3) is 0 Å². The van der Waals surface area contributed by atoms with Gasteiger partial charge in [0.15, 0.2) is 0 Å². The van der Waals surface area contributed by atoms with Gasteiger partial charge in [-0.05, 0) is 31.9 Å². The van der Waals surface area contributed by atoms with Gasteiger partial charge in [0.05, 0.1) is 10.6 Å². The number of allylic oxidation sites excluding steroid dienone is 4. The van der Waals surface area contributed by atoms with Gasteiger partial charge < -0.3 is 5.21 Å². The molecular weight excluding hydrogens is 220 g/mol. The van der Waals surface area contributed by atoms with Crippen LogP contribution in [0.4, 0.5) is 0 Å². The molecule has 0 aromatic rings. The van der Waals surface area contributed by atoms with E-state index in [0.29, 0.717) is 23.3 Å². The second kappa shape index (κ2) is 7.38. The van der Waals surface area contributed by atoms with Crippen molar-refractivity contribution in [1.29, 1.82) is 0 Å². The van der Waals surface area contributed by atoms with E-state index in [1.165, 1.54) is 12.2 Å². The highest BCUT2D eigenvalue weighted by molar-refractivity contribution is 6.03. The molecule has 0 fully saturated rings. The quantitative estimate of drug-likeness (QED) is 0.253. The van der Waals surface area contributed by atoms with Crippen LogP contribution in [0.5, 0.6) is 0 Å². The van der Waals surface area contributed by atoms with Crippen LogP contribution >= 0.6 is 0 Å². The summed E-state index contributed by atoms with van der Waals surface area (Å²) in [5.74, 6) is 0. The molecule has 0 saturated heterocycles. The van der Waals surface area contributed by atoms with E-state index in [0.717, 1.165) is 6.42 Å². The molecule has 0 atom stereocenters. The van der Waals surface area contributed by atoms with Gasteiger partial charge >= 0.3 is 0 Å². The molecule has 0 unspecified atom stereocenters. The molecule has 0 bridgehead atoms. The molecule has 0 heterocycles. The van der Waals surface area contributed by atoms with Crippen LogP contribution in [0.1, 0.15) is 33.6 Å². The molecule has 5 nitrogen and oxygen atoms in total. The van der Waals surface area contributed by atoms with Crippen LogP contribution in [0, 0.1) is 10.1 Å². The molecule has 0 radical (unpaired) electrons. The van der Waals surface area contributed by atoms with Crippen LogP contribution in [-0.2, 0) is 0 Å². The van der Waals surface area contributed by atoms with Gasteiger partial charge in [0.1, 0.15) is 0 Å². The standard InChI is InChI=1S/C12H18N2O3/c1-5-7-12(13-15)11(9(3)4)8-10(6-2)14(16)17/h6,8,15H,3,5,7H2,1-2,4H3/b10-6+,11-8+,13-12+. The number of oxime groups is 1. The Balaban J connectivity index is 5.44. The fourth-order valence-corrected chi connectivity index (χ4v) is 1.32. The normalized spacial score (nSPS) is 13.7. The molecule has 17 heavy (non-hydrogen) atoms. The molecular formula is C12H18N2O3. The maximum Gasteiger partial charge on any atom is 0.265 e. The predicted molar refractivity (Wildman–Crippen MR) is 67.8 cm³/mol. The van der Waals surface area contributed by atoms with Gasteiger partial charge in [-0.25, -0.2) is 0 Å². The van der Waals surface area contributed by atoms with Crippen molar-refractivity contribution in [2.45, 2.75) is 33.6 Å². The summed E-state index contributed by atoms with van der Waals surface area (Å²) in [6.45, 7) is 8.98. The SMILES string of the molecule is C=C(C)C(=C\C(=C/C)[N+](=O)[O-])/C(CCC)=N/O. The fourth-order valence-electron chi connectivity index (χ4n) is 1.32. The lowest BCUT2D eigenvalue weighted by molar-refractivity contribution is -0.419. The number of hydrogen-bond acceptors (Lipinski definition) is 4. The highest BCUT2D eigenvalue weighted by Crippen LogP contribution is 2.16. The first-order valence-electron chi connectivity index (χ1n) is 5.37. The molecule has 0 rings (SSSR count). The summed E-state index contributed by atoms with van der Waals surface area (Å²) in [7, 11) is 0. The molecule has 0 aromatic carbocycles. The van der Waals surface area contributed by atoms with Crippen molar-refractivity contribution in [2.24, 2.45) is 5.16 Å². The minimum absolute atomic E-state index is 0.0414. The van der Waals surface area contributed by atoms with Gasteiger partial charge in [0.2, 0.25) is 0 Å². The van der Waals surface area contributed by atoms with Crippen LogP contribution in [0.3, 0.4) is 0 Å². The van der Waals surface area contributed by atoms with E-state index in [9.17, 15) is 10.1 Å². The molecule has 0 aliphatic carbocycles. The number of nitrogens with zero attached hydrogens (tertiary/aromatic N) is 2. The van der Waals surface area contributed by atoms with E-state index in [-0.39, 0.29) is 5.70 Å². The van der Waals surface area contributed by atoms with Crippen molar-refractivity contribution in [2.75, 3.05) is 0 Å². The molecule has 0 saturated carbocycles. The van der Waals surface area contributed by atoms with Crippen molar-refractivity contribution >= 4 is 5.71 Å². The molecule has 0 aliphatic rings. The summed E-state index contributed by atoms with van der Waals surface area (Å²) in [5, 5.41) is 22.8. The van der Waals surface area contributed by atoms with Crippen molar-refractivity contribution < 1.29 is 10.1 Å². The number of nitro groups is 1. The van der Waals surface area contributed by atoms with Crippen molar-refractivity contribution in [3.05, 3.63) is 45.7 Å². The van der Waals surface area contributed by atoms with Gasteiger partial charge in [-0.2, -0.15) is 0 Å². The molecule has 0 spiro atoms. The van der Waals surface area contributed by atoms with E-state index in [1.54, 1.807) is 13.8 Å². The Morgan fingerprint density at radius 2 is 2.18 bits per heavy atom. The first kappa shape index (κ1) is 15.1. The summed E-state index contributed by atoms with van der Waals surface area (Å²) in [4.78, 5) is 10.2. The summed E-state index contributed by atoms with van der Waals surface area (Å²) in [6, 6.07) is 0. The lowest BCUT2D eigenvalue weighted by atomic mass is 9.99. The second-order valence-corrected chi connectivity index (χ2v) is 3.61. The largest absolute Gasteiger partial charge is 0.411 e. The van der Waals surface area contributed by atoms with Crippen LogP contribution < -0.4 is 0 Å². The number of hydrogen-bond donors (Lipinski definition) is 1. The van der Waals surface area contributed by atoms with Crippen LogP contribution in [-0.4, -0.2) is 15.8 Å². The average molecular weight is 238 g/mol. The zero-order chi connectivity index (χ0) is 13.4. The van der Waals surface area contributed by atoms with Crippen molar-refractivity contribution in [1.82, 2.24) is 0 Å². The van der Waals surface area contributed by atoms with Gasteiger partial charge in [0, 0.05) is 11.6 Å². The summed E-state index contributed by atoms with van der Waals surface area (Å²) >= 11 is 0. The maximum atomic E-state index is 10.7. The van der Waals surface area contributed by atoms with Crippen molar-refractivity contribution in [3.63, 3.8) is 0 Å². The topological polar surface area (TPSA) is 75.7 Å². The van der Waals surface area contributed by atoms with Gasteiger partial charge in [0.25, 0.3) is 5.70 Å². The third-order valence-electron chi connectivity index (χ3n) is 2.18. The average Bonchev–Trinajstić information content (AvgIpc) is 2.27. The lowest BCUT2D eigenvalue weighted by Crippen LogP contribution is -2.06. The number of rotatable bonds is 6. The highest BCUT2D eigenvalue weighted by atomic mass is 16.6. The Hall–Kier alpha value is -1.91. The van der Waals surface area contributed by atoms with Crippen LogP contribution in [0.2, 0.25) is 0 Å². The first-order chi connectivity index (χ1) is 7.97. The zero-order valence-electron chi connectivity index (χ0n) is 10.4. The Morgan fingerprint density at radius 1 is 1.59 bits per heavy atom. The predicted octanol–water partition coefficient (Wildman–Crippen LogP) is 3.30. The first-order valence-corrected chi connectivity index (χ1v) is 5.37. The molecule has 0 aliphatic heterocycles. The van der Waals surface area contributed by atoms with Gasteiger partial charge in [-0.3, -0.25) is 10.1 Å². The minimum atomic E-state index is -0.482. The van der Waals surface area contributed by atoms with Gasteiger partial charge in [-0.1, -0.05) is 25.1 Å². The Bertz CT molecular complexity index is 393. The van der Waals surface area contributed by atoms with E-state index >= 15 is 0 Å². The lowest BCUT2D eigenvalue weighted by Gasteiger charge is -2.07. The maximum absolute atomic E-state index is 10.7. The summed E-state index contributed by atoms with van der Waals surface area (Å²) < 4.78 is 0. The summed E-state index contributed by atoms with van der Waals surface area (Å²) in [6.07, 6.45) is 4.11. The smallest absolute Gasteiger partial charge is 0.265 e. The molecule has 94 valence electrons. The van der Waals surface area contributed by atoms with Gasteiger partial charge in [-0.15, -0.1) is 0 Å². The monoisotopic (exact) mass is 238 g/mol. The molecule has 0 amide bonds. The Morgan fingerprint density at radius 3 is 2.47 bits per heavy atom. The minimum Gasteiger partial charge on any atom is -0.411 e. The highest BCUT2D eigenvalue weighted by Gasteiger charge is 2.13. The van der Waals surface area contributed by atoms with E-state index in [2.05, 4.69) is 11.7 Å². The van der Waals surface area contributed by atoms with Crippen molar-refractivity contribution in [3.8, 4) is 0 Å². The van der Waals surface area contributed by atoms with E-state index in [4.69, 9.17) is 5.21 Å². The summed E-state index contributed by atoms with van der Waals surface area (Å²) in [5.41, 5.74) is 1.52. The van der Waals surface area contributed by atoms with E-state index < -0.39 is 4.92 Å². The third-order valence-corrected chi connectivity index (χ3v) is 2.18.